The van der Waals surface area contributed by atoms with Gasteiger partial charge in [0.05, 0.1) is 5.25 Å². The van der Waals surface area contributed by atoms with Gasteiger partial charge >= 0.3 is 0 Å². The zero-order chi connectivity index (χ0) is 7.11. The van der Waals surface area contributed by atoms with E-state index in [-0.39, 0.29) is 5.25 Å². The molecule has 0 heterocycles. The maximum atomic E-state index is 4.13. The van der Waals surface area contributed by atoms with Gasteiger partial charge in [0.15, 0.2) is 0 Å². The average Bonchev–Trinajstić information content (AvgIpc) is 1.80. The smallest absolute Gasteiger partial charge is 0.0598 e. The van der Waals surface area contributed by atoms with Gasteiger partial charge in [-0.15, -0.1) is 5.92 Å². The minimum atomic E-state index is 0.238. The molecule has 0 amide bonds. The molecule has 0 aromatic rings. The SMILES string of the molecule is CCCCC#CC(C)S. The molecular formula is C8H14S. The van der Waals surface area contributed by atoms with Gasteiger partial charge in [0.2, 0.25) is 0 Å². The summed E-state index contributed by atoms with van der Waals surface area (Å²) in [6.45, 7) is 4.16. The maximum absolute atomic E-state index is 4.13. The molecule has 0 saturated carbocycles. The van der Waals surface area contributed by atoms with Gasteiger partial charge in [0.25, 0.3) is 0 Å². The van der Waals surface area contributed by atoms with Crippen LogP contribution in [0, 0.1) is 11.8 Å². The molecule has 0 aromatic heterocycles. The molecular weight excluding hydrogens is 128 g/mol. The summed E-state index contributed by atoms with van der Waals surface area (Å²) >= 11 is 4.13. The van der Waals surface area contributed by atoms with Crippen molar-refractivity contribution in [2.45, 2.75) is 38.4 Å². The molecule has 9 heavy (non-hydrogen) atoms. The third-order valence-electron chi connectivity index (χ3n) is 0.966. The number of rotatable bonds is 2. The van der Waals surface area contributed by atoms with Crippen LogP contribution in [0.1, 0.15) is 33.1 Å². The third kappa shape index (κ3) is 7.91. The van der Waals surface area contributed by atoms with Crippen LogP contribution in [0.5, 0.6) is 0 Å². The Labute approximate surface area is 63.4 Å². The van der Waals surface area contributed by atoms with Crippen molar-refractivity contribution in [3.05, 3.63) is 0 Å². The highest BCUT2D eigenvalue weighted by atomic mass is 32.1. The van der Waals surface area contributed by atoms with Crippen LogP contribution in [0.25, 0.3) is 0 Å². The molecule has 0 N–H and O–H groups in total. The van der Waals surface area contributed by atoms with Crippen molar-refractivity contribution < 1.29 is 0 Å². The van der Waals surface area contributed by atoms with E-state index in [1.54, 1.807) is 0 Å². The highest BCUT2D eigenvalue weighted by Gasteiger charge is 1.81. The van der Waals surface area contributed by atoms with Gasteiger partial charge in [-0.25, -0.2) is 0 Å². The zero-order valence-corrected chi connectivity index (χ0v) is 7.04. The van der Waals surface area contributed by atoms with E-state index in [1.165, 1.54) is 12.8 Å². The Balaban J connectivity index is 3.16. The first-order valence-electron chi connectivity index (χ1n) is 3.43. The van der Waals surface area contributed by atoms with Crippen molar-refractivity contribution >= 4 is 12.6 Å². The van der Waals surface area contributed by atoms with Gasteiger partial charge in [-0.05, 0) is 13.3 Å². The van der Waals surface area contributed by atoms with E-state index in [1.807, 2.05) is 6.92 Å². The summed E-state index contributed by atoms with van der Waals surface area (Å²) in [5.74, 6) is 6.05. The van der Waals surface area contributed by atoms with E-state index in [9.17, 15) is 0 Å². The summed E-state index contributed by atoms with van der Waals surface area (Å²) in [5.41, 5.74) is 0. The van der Waals surface area contributed by atoms with E-state index in [0.717, 1.165) is 6.42 Å². The Bertz CT molecular complexity index is 105. The molecule has 0 aliphatic rings. The van der Waals surface area contributed by atoms with E-state index < -0.39 is 0 Å². The molecule has 1 atom stereocenters. The van der Waals surface area contributed by atoms with Crippen LogP contribution in [0.15, 0.2) is 0 Å². The van der Waals surface area contributed by atoms with Crippen molar-refractivity contribution in [1.29, 1.82) is 0 Å². The zero-order valence-electron chi connectivity index (χ0n) is 6.15. The highest BCUT2D eigenvalue weighted by Crippen LogP contribution is 1.92. The summed E-state index contributed by atoms with van der Waals surface area (Å²) in [4.78, 5) is 0. The molecule has 0 spiro atoms. The summed E-state index contributed by atoms with van der Waals surface area (Å²) in [5, 5.41) is 0.238. The lowest BCUT2D eigenvalue weighted by Crippen LogP contribution is -1.81. The molecule has 0 fully saturated rings. The lowest BCUT2D eigenvalue weighted by molar-refractivity contribution is 0.827. The summed E-state index contributed by atoms with van der Waals surface area (Å²) in [6.07, 6.45) is 3.48. The van der Waals surface area contributed by atoms with Crippen molar-refractivity contribution in [2.75, 3.05) is 0 Å². The molecule has 1 unspecified atom stereocenters. The number of hydrogen-bond acceptors (Lipinski definition) is 1. The van der Waals surface area contributed by atoms with Crippen molar-refractivity contribution in [3.8, 4) is 11.8 Å². The first-order chi connectivity index (χ1) is 4.27. The van der Waals surface area contributed by atoms with Gasteiger partial charge in [-0.1, -0.05) is 19.3 Å². The predicted molar refractivity (Wildman–Crippen MR) is 45.7 cm³/mol. The molecule has 0 aromatic carbocycles. The molecule has 0 aliphatic carbocycles. The van der Waals surface area contributed by atoms with Gasteiger partial charge in [0, 0.05) is 6.42 Å². The molecule has 0 radical (unpaired) electrons. The lowest BCUT2D eigenvalue weighted by atomic mass is 10.2. The third-order valence-corrected chi connectivity index (χ3v) is 1.10. The first-order valence-corrected chi connectivity index (χ1v) is 3.95. The number of unbranched alkanes of at least 4 members (excludes halogenated alkanes) is 2. The standard InChI is InChI=1S/C8H14S/c1-3-4-5-6-7-8(2)9/h8-9H,3-5H2,1-2H3. The summed E-state index contributed by atoms with van der Waals surface area (Å²) in [6, 6.07) is 0. The molecule has 0 rings (SSSR count). The van der Waals surface area contributed by atoms with Gasteiger partial charge < -0.3 is 0 Å². The second kappa shape index (κ2) is 6.04. The second-order valence-corrected chi connectivity index (χ2v) is 2.88. The van der Waals surface area contributed by atoms with Crippen molar-refractivity contribution in [1.82, 2.24) is 0 Å². The quantitative estimate of drug-likeness (QED) is 0.342. The fourth-order valence-corrected chi connectivity index (χ4v) is 0.576. The first kappa shape index (κ1) is 8.91. The normalized spacial score (nSPS) is 11.9. The van der Waals surface area contributed by atoms with Crippen molar-refractivity contribution in [3.63, 3.8) is 0 Å². The van der Waals surface area contributed by atoms with Crippen LogP contribution in [0.4, 0.5) is 0 Å². The van der Waals surface area contributed by atoms with E-state index in [2.05, 4.69) is 31.4 Å². The number of hydrogen-bond donors (Lipinski definition) is 1. The summed E-state index contributed by atoms with van der Waals surface area (Å²) < 4.78 is 0. The molecule has 0 bridgehead atoms. The second-order valence-electron chi connectivity index (χ2n) is 2.10. The minimum absolute atomic E-state index is 0.238. The van der Waals surface area contributed by atoms with Gasteiger partial charge in [0.1, 0.15) is 0 Å². The Morgan fingerprint density at radius 1 is 1.56 bits per heavy atom. The van der Waals surface area contributed by atoms with Gasteiger partial charge in [-0.3, -0.25) is 0 Å². The Morgan fingerprint density at radius 2 is 2.22 bits per heavy atom. The average molecular weight is 142 g/mol. The van der Waals surface area contributed by atoms with E-state index in [4.69, 9.17) is 0 Å². The Hall–Kier alpha value is -0.0900. The maximum Gasteiger partial charge on any atom is 0.0598 e. The van der Waals surface area contributed by atoms with Crippen LogP contribution in [0.2, 0.25) is 0 Å². The molecule has 1 heteroatoms. The van der Waals surface area contributed by atoms with Crippen molar-refractivity contribution in [2.24, 2.45) is 0 Å². The molecule has 52 valence electrons. The van der Waals surface area contributed by atoms with Crippen LogP contribution < -0.4 is 0 Å². The Morgan fingerprint density at radius 3 is 2.67 bits per heavy atom. The summed E-state index contributed by atoms with van der Waals surface area (Å²) in [7, 11) is 0. The topological polar surface area (TPSA) is 0 Å². The fraction of sp³-hybridized carbons (Fsp3) is 0.750. The molecule has 0 nitrogen and oxygen atoms in total. The monoisotopic (exact) mass is 142 g/mol. The predicted octanol–water partition coefficient (Wildman–Crippen LogP) is 2.50. The van der Waals surface area contributed by atoms with E-state index >= 15 is 0 Å². The lowest BCUT2D eigenvalue weighted by Gasteiger charge is -1.86. The molecule has 0 saturated heterocycles. The van der Waals surface area contributed by atoms with Crippen LogP contribution >= 0.6 is 12.6 Å². The van der Waals surface area contributed by atoms with Gasteiger partial charge in [-0.2, -0.15) is 12.6 Å². The fourth-order valence-electron chi connectivity index (χ4n) is 0.485. The molecule has 0 aliphatic heterocycles. The highest BCUT2D eigenvalue weighted by molar-refractivity contribution is 7.81. The van der Waals surface area contributed by atoms with Crippen LogP contribution in [0.3, 0.4) is 0 Å². The van der Waals surface area contributed by atoms with E-state index in [0.29, 0.717) is 0 Å². The number of thiol groups is 1. The van der Waals surface area contributed by atoms with Crippen LogP contribution in [-0.4, -0.2) is 5.25 Å². The Kier molecular flexibility index (Phi) is 5.98. The minimum Gasteiger partial charge on any atom is -0.163 e. The van der Waals surface area contributed by atoms with Crippen LogP contribution in [-0.2, 0) is 0 Å². The largest absolute Gasteiger partial charge is 0.163 e.